The Morgan fingerprint density at radius 2 is 1.70 bits per heavy atom. The number of alkyl halides is 2. The van der Waals surface area contributed by atoms with Crippen molar-refractivity contribution in [1.82, 2.24) is 15.1 Å². The molecule has 0 unspecified atom stereocenters. The summed E-state index contributed by atoms with van der Waals surface area (Å²) < 4.78 is 49.5. The highest BCUT2D eigenvalue weighted by Gasteiger charge is 2.26. The number of hydrogen-bond acceptors (Lipinski definition) is 5. The van der Waals surface area contributed by atoms with Crippen molar-refractivity contribution in [2.24, 2.45) is 0 Å². The lowest BCUT2D eigenvalue weighted by atomic mass is 10.2. The lowest BCUT2D eigenvalue weighted by Crippen LogP contribution is -2.32. The number of aromatic nitrogens is 2. The molecule has 2 amide bonds. The molecule has 30 heavy (non-hydrogen) atoms. The molecule has 1 heterocycles. The molecule has 3 rings (SSSR count). The second-order valence-corrected chi connectivity index (χ2v) is 7.98. The van der Waals surface area contributed by atoms with E-state index in [1.54, 1.807) is 47.4 Å². The quantitative estimate of drug-likeness (QED) is 0.593. The lowest BCUT2D eigenvalue weighted by molar-refractivity contribution is -0.115. The van der Waals surface area contributed by atoms with Gasteiger partial charge in [-0.05, 0) is 54.6 Å². The van der Waals surface area contributed by atoms with Crippen molar-refractivity contribution in [1.29, 1.82) is 0 Å². The maximum absolute atomic E-state index is 12.5. The fourth-order valence-electron chi connectivity index (χ4n) is 2.49. The van der Waals surface area contributed by atoms with Gasteiger partial charge < -0.3 is 10.6 Å². The third-order valence-electron chi connectivity index (χ3n) is 4.01. The first-order valence-electron chi connectivity index (χ1n) is 8.57. The van der Waals surface area contributed by atoms with E-state index in [4.69, 9.17) is 0 Å². The van der Waals surface area contributed by atoms with E-state index in [2.05, 4.69) is 15.7 Å². The van der Waals surface area contributed by atoms with Crippen molar-refractivity contribution in [3.8, 4) is 5.69 Å². The van der Waals surface area contributed by atoms with Gasteiger partial charge in [0.05, 0.1) is 17.1 Å². The van der Waals surface area contributed by atoms with Gasteiger partial charge >= 0.3 is 5.76 Å². The predicted molar refractivity (Wildman–Crippen MR) is 104 cm³/mol. The van der Waals surface area contributed by atoms with Crippen LogP contribution < -0.4 is 10.6 Å². The predicted octanol–water partition coefficient (Wildman–Crippen LogP) is 2.24. The van der Waals surface area contributed by atoms with Gasteiger partial charge in [-0.15, -0.1) is 0 Å². The highest BCUT2D eigenvalue weighted by Crippen LogP contribution is 2.18. The number of benzene rings is 2. The SMILES string of the molecule is O=C(CNC(=O)c1ccc(S(=O)(=O)C(F)F)cc1)Nc1ccc(-n2cccn2)cc1. The van der Waals surface area contributed by atoms with Gasteiger partial charge in [-0.3, -0.25) is 9.59 Å². The average molecular weight is 434 g/mol. The largest absolute Gasteiger partial charge is 0.343 e. The highest BCUT2D eigenvalue weighted by atomic mass is 32.2. The molecule has 0 saturated carbocycles. The fourth-order valence-corrected chi connectivity index (χ4v) is 3.21. The molecule has 1 aromatic heterocycles. The third-order valence-corrected chi connectivity index (χ3v) is 5.41. The summed E-state index contributed by atoms with van der Waals surface area (Å²) in [5.41, 5.74) is 1.36. The van der Waals surface area contributed by atoms with E-state index in [9.17, 15) is 26.8 Å². The number of sulfone groups is 1. The zero-order valence-corrected chi connectivity index (χ0v) is 16.1. The van der Waals surface area contributed by atoms with Crippen molar-refractivity contribution < 1.29 is 26.8 Å². The first-order valence-corrected chi connectivity index (χ1v) is 10.1. The standard InChI is InChI=1S/C19H16F2N4O4S/c20-19(21)30(28,29)16-8-2-13(3-9-16)18(27)22-12-17(26)24-14-4-6-15(7-5-14)25-11-1-10-23-25/h1-11,19H,12H2,(H,22,27)(H,24,26). The van der Waals surface area contributed by atoms with Crippen LogP contribution in [0.3, 0.4) is 0 Å². The van der Waals surface area contributed by atoms with E-state index in [0.717, 1.165) is 30.0 Å². The van der Waals surface area contributed by atoms with Crippen LogP contribution in [0.5, 0.6) is 0 Å². The van der Waals surface area contributed by atoms with Crippen molar-refractivity contribution in [2.75, 3.05) is 11.9 Å². The number of halogens is 2. The van der Waals surface area contributed by atoms with E-state index >= 15 is 0 Å². The minimum Gasteiger partial charge on any atom is -0.343 e. The monoisotopic (exact) mass is 434 g/mol. The van der Waals surface area contributed by atoms with Crippen LogP contribution in [0.15, 0.2) is 71.9 Å². The zero-order chi connectivity index (χ0) is 21.7. The van der Waals surface area contributed by atoms with E-state index in [0.29, 0.717) is 5.69 Å². The Kier molecular flexibility index (Phi) is 6.21. The molecular formula is C19H16F2N4O4S. The minimum absolute atomic E-state index is 0.0274. The Labute approximate surface area is 170 Å². The van der Waals surface area contributed by atoms with Crippen LogP contribution in [0.4, 0.5) is 14.5 Å². The molecule has 8 nitrogen and oxygen atoms in total. The number of carbonyl (C=O) groups is 2. The summed E-state index contributed by atoms with van der Waals surface area (Å²) in [6.45, 7) is -0.336. The Balaban J connectivity index is 1.54. The second kappa shape index (κ2) is 8.82. The highest BCUT2D eigenvalue weighted by molar-refractivity contribution is 7.91. The third kappa shape index (κ3) is 4.87. The number of carbonyl (C=O) groups excluding carboxylic acids is 2. The summed E-state index contributed by atoms with van der Waals surface area (Å²) in [6, 6.07) is 12.7. The topological polar surface area (TPSA) is 110 Å². The van der Waals surface area contributed by atoms with Crippen LogP contribution in [-0.2, 0) is 14.6 Å². The number of hydrogen-bond donors (Lipinski definition) is 2. The lowest BCUT2D eigenvalue weighted by Gasteiger charge is -2.09. The summed E-state index contributed by atoms with van der Waals surface area (Å²) in [5, 5.41) is 9.08. The molecule has 156 valence electrons. The van der Waals surface area contributed by atoms with Crippen LogP contribution >= 0.6 is 0 Å². The summed E-state index contributed by atoms with van der Waals surface area (Å²) in [4.78, 5) is 23.5. The molecule has 2 aromatic carbocycles. The molecule has 2 N–H and O–H groups in total. The Hall–Kier alpha value is -3.60. The molecule has 0 atom stereocenters. The smallest absolute Gasteiger partial charge is 0.341 e. The number of anilines is 1. The van der Waals surface area contributed by atoms with Crippen molar-refractivity contribution in [2.45, 2.75) is 10.7 Å². The van der Waals surface area contributed by atoms with Gasteiger partial charge in [0.2, 0.25) is 15.7 Å². The van der Waals surface area contributed by atoms with Crippen molar-refractivity contribution in [3.05, 3.63) is 72.6 Å². The molecular weight excluding hydrogens is 418 g/mol. The van der Waals surface area contributed by atoms with E-state index < -0.39 is 32.3 Å². The number of nitrogens with one attached hydrogen (secondary N) is 2. The summed E-state index contributed by atoms with van der Waals surface area (Å²) in [7, 11) is -4.73. The van der Waals surface area contributed by atoms with E-state index in [1.807, 2.05) is 0 Å². The van der Waals surface area contributed by atoms with Gasteiger partial charge in [0.25, 0.3) is 5.91 Å². The van der Waals surface area contributed by atoms with Crippen LogP contribution in [0.2, 0.25) is 0 Å². The normalized spacial score (nSPS) is 11.3. The number of amides is 2. The Bertz CT molecular complexity index is 1130. The van der Waals surface area contributed by atoms with Gasteiger partial charge in [-0.2, -0.15) is 13.9 Å². The first kappa shape index (κ1) is 21.1. The van der Waals surface area contributed by atoms with Gasteiger partial charge in [0.15, 0.2) is 0 Å². The summed E-state index contributed by atoms with van der Waals surface area (Å²) >= 11 is 0. The molecule has 11 heteroatoms. The fraction of sp³-hybridized carbons (Fsp3) is 0.105. The Morgan fingerprint density at radius 1 is 1.03 bits per heavy atom. The summed E-state index contributed by atoms with van der Waals surface area (Å²) in [5.74, 6) is -4.68. The van der Waals surface area contributed by atoms with Crippen molar-refractivity contribution in [3.63, 3.8) is 0 Å². The van der Waals surface area contributed by atoms with E-state index in [1.165, 1.54) is 0 Å². The van der Waals surface area contributed by atoms with Gasteiger partial charge in [-0.1, -0.05) is 0 Å². The molecule has 0 saturated heterocycles. The molecule has 0 spiro atoms. The molecule has 0 aliphatic heterocycles. The minimum atomic E-state index is -4.73. The average Bonchev–Trinajstić information content (AvgIpc) is 3.27. The maximum Gasteiger partial charge on any atom is 0.341 e. The maximum atomic E-state index is 12.5. The first-order chi connectivity index (χ1) is 14.3. The molecule has 0 radical (unpaired) electrons. The second-order valence-electron chi connectivity index (χ2n) is 6.06. The summed E-state index contributed by atoms with van der Waals surface area (Å²) in [6.07, 6.45) is 3.42. The zero-order valence-electron chi connectivity index (χ0n) is 15.3. The number of nitrogens with zero attached hydrogens (tertiary/aromatic N) is 2. The van der Waals surface area contributed by atoms with Gasteiger partial charge in [-0.25, -0.2) is 13.1 Å². The van der Waals surface area contributed by atoms with Crippen LogP contribution in [0.25, 0.3) is 5.69 Å². The van der Waals surface area contributed by atoms with Crippen LogP contribution in [0, 0.1) is 0 Å². The Morgan fingerprint density at radius 3 is 2.27 bits per heavy atom. The van der Waals surface area contributed by atoms with Gasteiger partial charge in [0.1, 0.15) is 0 Å². The van der Waals surface area contributed by atoms with Gasteiger partial charge in [0, 0.05) is 23.6 Å². The van der Waals surface area contributed by atoms with Crippen molar-refractivity contribution >= 4 is 27.3 Å². The molecule has 0 fully saturated rings. The molecule has 0 bridgehead atoms. The van der Waals surface area contributed by atoms with Crippen LogP contribution in [-0.4, -0.2) is 42.3 Å². The van der Waals surface area contributed by atoms with E-state index in [-0.39, 0.29) is 12.1 Å². The molecule has 3 aromatic rings. The van der Waals surface area contributed by atoms with Crippen LogP contribution in [0.1, 0.15) is 10.4 Å². The number of rotatable bonds is 7. The molecule has 0 aliphatic rings. The molecule has 0 aliphatic carbocycles.